The van der Waals surface area contributed by atoms with E-state index in [4.69, 9.17) is 9.47 Å². The number of benzene rings is 1. The fraction of sp³-hybridized carbons (Fsp3) is 0.650. The minimum atomic E-state index is -0.363. The summed E-state index contributed by atoms with van der Waals surface area (Å²) in [5.74, 6) is 1.01. The lowest BCUT2D eigenvalue weighted by Gasteiger charge is -2.37. The minimum absolute atomic E-state index is 0.0418. The molecule has 3 atom stereocenters. The summed E-state index contributed by atoms with van der Waals surface area (Å²) >= 11 is 0. The highest BCUT2D eigenvalue weighted by Gasteiger charge is 2.39. The quantitative estimate of drug-likeness (QED) is 0.889. The van der Waals surface area contributed by atoms with Crippen LogP contribution in [0, 0.1) is 19.8 Å². The van der Waals surface area contributed by atoms with Crippen molar-refractivity contribution in [3.8, 4) is 5.75 Å². The molecule has 0 aromatic heterocycles. The average molecular weight is 347 g/mol. The second-order valence-corrected chi connectivity index (χ2v) is 7.26. The van der Waals surface area contributed by atoms with E-state index in [1.165, 1.54) is 0 Å². The first-order valence-corrected chi connectivity index (χ1v) is 9.31. The van der Waals surface area contributed by atoms with E-state index in [-0.39, 0.29) is 24.0 Å². The van der Waals surface area contributed by atoms with E-state index < -0.39 is 0 Å². The van der Waals surface area contributed by atoms with Gasteiger partial charge >= 0.3 is 0 Å². The molecule has 2 heterocycles. The van der Waals surface area contributed by atoms with E-state index in [1.807, 2.05) is 30.9 Å². The zero-order chi connectivity index (χ0) is 17.8. The molecule has 25 heavy (non-hydrogen) atoms. The van der Waals surface area contributed by atoms with Gasteiger partial charge in [0.15, 0.2) is 0 Å². The van der Waals surface area contributed by atoms with Crippen molar-refractivity contribution in [3.63, 3.8) is 0 Å². The highest BCUT2D eigenvalue weighted by molar-refractivity contribution is 5.77. The fourth-order valence-electron chi connectivity index (χ4n) is 3.92. The molecule has 0 radical (unpaired) electrons. The Bertz CT molecular complexity index is 603. The molecule has 1 amide bonds. The van der Waals surface area contributed by atoms with Gasteiger partial charge in [0.05, 0.1) is 25.7 Å². The van der Waals surface area contributed by atoms with Crippen LogP contribution in [0.2, 0.25) is 0 Å². The lowest BCUT2D eigenvalue weighted by molar-refractivity contribution is -0.136. The molecule has 2 saturated heterocycles. The average Bonchev–Trinajstić information content (AvgIpc) is 3.08. The molecule has 2 aliphatic rings. The lowest BCUT2D eigenvalue weighted by atomic mass is 9.89. The molecule has 1 aromatic rings. The Morgan fingerprint density at radius 3 is 3.00 bits per heavy atom. The number of hydrogen-bond acceptors (Lipinski definition) is 4. The third-order valence-electron chi connectivity index (χ3n) is 5.39. The summed E-state index contributed by atoms with van der Waals surface area (Å²) in [6, 6.07) is 6.20. The van der Waals surface area contributed by atoms with Crippen LogP contribution in [-0.2, 0) is 9.53 Å². The first kappa shape index (κ1) is 18.2. The van der Waals surface area contributed by atoms with Crippen molar-refractivity contribution >= 4 is 5.91 Å². The monoisotopic (exact) mass is 347 g/mol. The summed E-state index contributed by atoms with van der Waals surface area (Å²) in [7, 11) is 0. The number of likely N-dealkylation sites (tertiary alicyclic amines) is 1. The molecule has 0 unspecified atom stereocenters. The van der Waals surface area contributed by atoms with Gasteiger partial charge in [0.25, 0.3) is 0 Å². The number of hydrogen-bond donors (Lipinski definition) is 1. The smallest absolute Gasteiger partial charge is 0.226 e. The summed E-state index contributed by atoms with van der Waals surface area (Å²) in [4.78, 5) is 14.6. The SMILES string of the molecule is Cc1ccc(C)c(OCCC(=O)N2CCC[C@@H]2[C@H]2COCC[C@H]2O)c1. The number of aryl methyl sites for hydroxylation is 2. The number of ether oxygens (including phenoxy) is 2. The third kappa shape index (κ3) is 4.33. The summed E-state index contributed by atoms with van der Waals surface area (Å²) in [5, 5.41) is 10.3. The maximum absolute atomic E-state index is 12.7. The first-order valence-electron chi connectivity index (χ1n) is 9.31. The predicted octanol–water partition coefficient (Wildman–Crippen LogP) is 2.46. The van der Waals surface area contributed by atoms with E-state index in [0.29, 0.717) is 32.7 Å². The number of aliphatic hydroxyl groups is 1. The van der Waals surface area contributed by atoms with Crippen molar-refractivity contribution in [1.29, 1.82) is 0 Å². The van der Waals surface area contributed by atoms with Crippen molar-refractivity contribution < 1.29 is 19.4 Å². The first-order chi connectivity index (χ1) is 12.1. The van der Waals surface area contributed by atoms with Crippen molar-refractivity contribution in [3.05, 3.63) is 29.3 Å². The molecule has 2 aliphatic heterocycles. The van der Waals surface area contributed by atoms with Gasteiger partial charge in [-0.25, -0.2) is 0 Å². The summed E-state index contributed by atoms with van der Waals surface area (Å²) in [5.41, 5.74) is 2.23. The van der Waals surface area contributed by atoms with Gasteiger partial charge in [-0.1, -0.05) is 12.1 Å². The van der Waals surface area contributed by atoms with Crippen LogP contribution in [0.25, 0.3) is 0 Å². The lowest BCUT2D eigenvalue weighted by Crippen LogP contribution is -2.48. The van der Waals surface area contributed by atoms with Crippen LogP contribution in [0.15, 0.2) is 18.2 Å². The number of rotatable bonds is 5. The third-order valence-corrected chi connectivity index (χ3v) is 5.39. The molecule has 1 N–H and O–H groups in total. The molecule has 5 nitrogen and oxygen atoms in total. The van der Waals surface area contributed by atoms with Crippen LogP contribution < -0.4 is 4.74 Å². The van der Waals surface area contributed by atoms with E-state index in [2.05, 4.69) is 6.07 Å². The van der Waals surface area contributed by atoms with E-state index in [9.17, 15) is 9.90 Å². The van der Waals surface area contributed by atoms with Crippen LogP contribution in [0.5, 0.6) is 5.75 Å². The number of carbonyl (C=O) groups excluding carboxylic acids is 1. The number of carbonyl (C=O) groups is 1. The predicted molar refractivity (Wildman–Crippen MR) is 95.7 cm³/mol. The minimum Gasteiger partial charge on any atom is -0.493 e. The Kier molecular flexibility index (Phi) is 5.97. The number of amides is 1. The van der Waals surface area contributed by atoms with Crippen LogP contribution in [-0.4, -0.2) is 54.4 Å². The molecule has 0 spiro atoms. The Morgan fingerprint density at radius 1 is 1.36 bits per heavy atom. The molecule has 138 valence electrons. The summed E-state index contributed by atoms with van der Waals surface area (Å²) in [6.07, 6.45) is 2.62. The molecular weight excluding hydrogens is 318 g/mol. The topological polar surface area (TPSA) is 59.0 Å². The summed E-state index contributed by atoms with van der Waals surface area (Å²) < 4.78 is 11.4. The van der Waals surface area contributed by atoms with E-state index >= 15 is 0 Å². The van der Waals surface area contributed by atoms with Gasteiger partial charge in [0, 0.05) is 25.1 Å². The molecule has 5 heteroatoms. The Hall–Kier alpha value is -1.59. The highest BCUT2D eigenvalue weighted by Crippen LogP contribution is 2.30. The van der Waals surface area contributed by atoms with Crippen LogP contribution in [0.4, 0.5) is 0 Å². The van der Waals surface area contributed by atoms with Crippen LogP contribution >= 0.6 is 0 Å². The van der Waals surface area contributed by atoms with Gasteiger partial charge < -0.3 is 19.5 Å². The fourth-order valence-corrected chi connectivity index (χ4v) is 3.92. The zero-order valence-corrected chi connectivity index (χ0v) is 15.2. The van der Waals surface area contributed by atoms with Crippen LogP contribution in [0.3, 0.4) is 0 Å². The second-order valence-electron chi connectivity index (χ2n) is 7.26. The molecule has 2 fully saturated rings. The van der Waals surface area contributed by atoms with Gasteiger partial charge in [-0.15, -0.1) is 0 Å². The van der Waals surface area contributed by atoms with E-state index in [0.717, 1.165) is 36.3 Å². The molecule has 0 aliphatic carbocycles. The van der Waals surface area contributed by atoms with Crippen molar-refractivity contribution in [2.45, 2.75) is 51.7 Å². The normalized spacial score (nSPS) is 26.7. The van der Waals surface area contributed by atoms with Gasteiger partial charge in [0.2, 0.25) is 5.91 Å². The molecule has 3 rings (SSSR count). The van der Waals surface area contributed by atoms with Gasteiger partial charge in [0.1, 0.15) is 5.75 Å². The number of nitrogens with zero attached hydrogens (tertiary/aromatic N) is 1. The van der Waals surface area contributed by atoms with Crippen molar-refractivity contribution in [1.82, 2.24) is 4.90 Å². The van der Waals surface area contributed by atoms with Crippen molar-refractivity contribution in [2.75, 3.05) is 26.4 Å². The second kappa shape index (κ2) is 8.19. The van der Waals surface area contributed by atoms with Gasteiger partial charge in [-0.05, 0) is 50.3 Å². The number of aliphatic hydroxyl groups excluding tert-OH is 1. The largest absolute Gasteiger partial charge is 0.493 e. The standard InChI is InChI=1S/C20H29NO4/c1-14-5-6-15(2)19(12-14)25-11-8-20(23)21-9-3-4-17(21)16-13-24-10-7-18(16)22/h5-6,12,16-18,22H,3-4,7-11,13H2,1-2H3/t16-,17-,18-/m1/s1. The van der Waals surface area contributed by atoms with Crippen molar-refractivity contribution in [2.24, 2.45) is 5.92 Å². The Morgan fingerprint density at radius 2 is 2.20 bits per heavy atom. The van der Waals surface area contributed by atoms with Crippen LogP contribution in [0.1, 0.15) is 36.8 Å². The van der Waals surface area contributed by atoms with Gasteiger partial charge in [-0.2, -0.15) is 0 Å². The molecular formula is C20H29NO4. The molecule has 0 bridgehead atoms. The molecule has 0 saturated carbocycles. The Balaban J connectivity index is 1.54. The highest BCUT2D eigenvalue weighted by atomic mass is 16.5. The maximum atomic E-state index is 12.7. The summed E-state index contributed by atoms with van der Waals surface area (Å²) in [6.45, 7) is 6.37. The zero-order valence-electron chi connectivity index (χ0n) is 15.2. The molecule has 1 aromatic carbocycles. The maximum Gasteiger partial charge on any atom is 0.226 e. The Labute approximate surface area is 149 Å². The van der Waals surface area contributed by atoms with Gasteiger partial charge in [-0.3, -0.25) is 4.79 Å². The van der Waals surface area contributed by atoms with E-state index in [1.54, 1.807) is 0 Å².